The third-order valence-corrected chi connectivity index (χ3v) is 3.72. The van der Waals surface area contributed by atoms with Gasteiger partial charge in [-0.2, -0.15) is 0 Å². The van der Waals surface area contributed by atoms with E-state index in [0.29, 0.717) is 12.0 Å². The van der Waals surface area contributed by atoms with Gasteiger partial charge in [0.2, 0.25) is 0 Å². The molecule has 3 heteroatoms. The highest BCUT2D eigenvalue weighted by molar-refractivity contribution is 5.06. The molecule has 0 saturated heterocycles. The fraction of sp³-hybridized carbons (Fsp3) is 0.800. The standard InChI is InChI=1S/C15H29N3/c1-6-12(4)8-13(5)18-10-17-9-15(18)14(16)7-11(2)3/h9-14H,6-8,16H2,1-5H3. The predicted molar refractivity (Wildman–Crippen MR) is 77.4 cm³/mol. The molecule has 0 aliphatic carbocycles. The molecular weight excluding hydrogens is 222 g/mol. The Balaban J connectivity index is 2.75. The molecule has 3 atom stereocenters. The average molecular weight is 251 g/mol. The van der Waals surface area contributed by atoms with Crippen molar-refractivity contribution >= 4 is 0 Å². The van der Waals surface area contributed by atoms with Crippen molar-refractivity contribution < 1.29 is 0 Å². The third-order valence-electron chi connectivity index (χ3n) is 3.72. The van der Waals surface area contributed by atoms with E-state index in [4.69, 9.17) is 5.73 Å². The van der Waals surface area contributed by atoms with Crippen LogP contribution in [0.2, 0.25) is 0 Å². The molecular formula is C15H29N3. The van der Waals surface area contributed by atoms with Gasteiger partial charge >= 0.3 is 0 Å². The van der Waals surface area contributed by atoms with Gasteiger partial charge in [0, 0.05) is 18.3 Å². The Morgan fingerprint density at radius 1 is 1.22 bits per heavy atom. The Morgan fingerprint density at radius 2 is 1.89 bits per heavy atom. The predicted octanol–water partition coefficient (Wildman–Crippen LogP) is 3.93. The zero-order valence-corrected chi connectivity index (χ0v) is 12.6. The van der Waals surface area contributed by atoms with Crippen LogP contribution < -0.4 is 5.73 Å². The smallest absolute Gasteiger partial charge is 0.0951 e. The molecule has 0 fully saturated rings. The quantitative estimate of drug-likeness (QED) is 0.798. The lowest BCUT2D eigenvalue weighted by atomic mass is 9.98. The SMILES string of the molecule is CCC(C)CC(C)n1cncc1C(N)CC(C)C. The molecule has 0 saturated carbocycles. The summed E-state index contributed by atoms with van der Waals surface area (Å²) in [6.07, 6.45) is 7.30. The van der Waals surface area contributed by atoms with Crippen molar-refractivity contribution in [2.75, 3.05) is 0 Å². The van der Waals surface area contributed by atoms with Crippen LogP contribution in [0.4, 0.5) is 0 Å². The normalized spacial score (nSPS) is 16.8. The van der Waals surface area contributed by atoms with E-state index in [1.165, 1.54) is 18.5 Å². The molecule has 3 unspecified atom stereocenters. The number of nitrogens with zero attached hydrogens (tertiary/aromatic N) is 2. The number of imidazole rings is 1. The van der Waals surface area contributed by atoms with E-state index in [1.54, 1.807) is 0 Å². The summed E-state index contributed by atoms with van der Waals surface area (Å²) in [6.45, 7) is 11.2. The van der Waals surface area contributed by atoms with Crippen LogP contribution in [-0.4, -0.2) is 9.55 Å². The van der Waals surface area contributed by atoms with Crippen molar-refractivity contribution in [1.82, 2.24) is 9.55 Å². The molecule has 0 aliphatic heterocycles. The monoisotopic (exact) mass is 251 g/mol. The van der Waals surface area contributed by atoms with Crippen LogP contribution in [0.25, 0.3) is 0 Å². The second-order valence-electron chi connectivity index (χ2n) is 6.06. The molecule has 1 heterocycles. The molecule has 0 aromatic carbocycles. The topological polar surface area (TPSA) is 43.8 Å². The summed E-state index contributed by atoms with van der Waals surface area (Å²) >= 11 is 0. The zero-order valence-electron chi connectivity index (χ0n) is 12.6. The lowest BCUT2D eigenvalue weighted by Gasteiger charge is -2.23. The zero-order chi connectivity index (χ0) is 13.7. The van der Waals surface area contributed by atoms with Gasteiger partial charge in [0.25, 0.3) is 0 Å². The second kappa shape index (κ2) is 6.93. The molecule has 3 nitrogen and oxygen atoms in total. The first-order valence-electron chi connectivity index (χ1n) is 7.22. The van der Waals surface area contributed by atoms with Crippen LogP contribution in [-0.2, 0) is 0 Å². The molecule has 0 spiro atoms. The first-order chi connectivity index (χ1) is 8.45. The maximum Gasteiger partial charge on any atom is 0.0951 e. The lowest BCUT2D eigenvalue weighted by molar-refractivity contribution is 0.379. The van der Waals surface area contributed by atoms with E-state index in [9.17, 15) is 0 Å². The van der Waals surface area contributed by atoms with Gasteiger partial charge < -0.3 is 10.3 Å². The van der Waals surface area contributed by atoms with Crippen molar-refractivity contribution in [1.29, 1.82) is 0 Å². The van der Waals surface area contributed by atoms with E-state index in [-0.39, 0.29) is 6.04 Å². The first kappa shape index (κ1) is 15.2. The number of rotatable bonds is 7. The maximum absolute atomic E-state index is 6.28. The minimum absolute atomic E-state index is 0.104. The van der Waals surface area contributed by atoms with E-state index in [2.05, 4.69) is 44.2 Å². The van der Waals surface area contributed by atoms with Gasteiger partial charge in [0.05, 0.1) is 12.0 Å². The number of hydrogen-bond donors (Lipinski definition) is 1. The van der Waals surface area contributed by atoms with Crippen LogP contribution in [0.15, 0.2) is 12.5 Å². The highest BCUT2D eigenvalue weighted by Crippen LogP contribution is 2.25. The van der Waals surface area contributed by atoms with Crippen LogP contribution in [0.3, 0.4) is 0 Å². The Labute approximate surface area is 112 Å². The van der Waals surface area contributed by atoms with Crippen LogP contribution in [0.5, 0.6) is 0 Å². The summed E-state index contributed by atoms with van der Waals surface area (Å²) < 4.78 is 2.26. The summed E-state index contributed by atoms with van der Waals surface area (Å²) in [5, 5.41) is 0. The second-order valence-corrected chi connectivity index (χ2v) is 6.06. The van der Waals surface area contributed by atoms with E-state index < -0.39 is 0 Å². The van der Waals surface area contributed by atoms with E-state index in [0.717, 1.165) is 12.3 Å². The number of hydrogen-bond acceptors (Lipinski definition) is 2. The molecule has 1 aromatic heterocycles. The molecule has 2 N–H and O–H groups in total. The number of nitrogens with two attached hydrogens (primary N) is 1. The van der Waals surface area contributed by atoms with Gasteiger partial charge in [-0.05, 0) is 31.6 Å². The highest BCUT2D eigenvalue weighted by Gasteiger charge is 2.17. The van der Waals surface area contributed by atoms with Gasteiger partial charge in [-0.1, -0.05) is 34.1 Å². The van der Waals surface area contributed by atoms with E-state index in [1.807, 2.05) is 12.5 Å². The fourth-order valence-electron chi connectivity index (χ4n) is 2.46. The van der Waals surface area contributed by atoms with Crippen molar-refractivity contribution in [3.63, 3.8) is 0 Å². The molecule has 0 amide bonds. The van der Waals surface area contributed by atoms with Crippen LogP contribution in [0, 0.1) is 11.8 Å². The summed E-state index contributed by atoms with van der Waals surface area (Å²) in [5.74, 6) is 1.37. The highest BCUT2D eigenvalue weighted by atomic mass is 15.1. The van der Waals surface area contributed by atoms with Gasteiger partial charge in [-0.15, -0.1) is 0 Å². The van der Waals surface area contributed by atoms with Gasteiger partial charge in [0.15, 0.2) is 0 Å². The summed E-state index contributed by atoms with van der Waals surface area (Å²) in [4.78, 5) is 4.29. The van der Waals surface area contributed by atoms with Crippen molar-refractivity contribution in [3.8, 4) is 0 Å². The summed E-state index contributed by atoms with van der Waals surface area (Å²) in [6, 6.07) is 0.586. The van der Waals surface area contributed by atoms with Gasteiger partial charge in [-0.25, -0.2) is 4.98 Å². The molecule has 18 heavy (non-hydrogen) atoms. The summed E-state index contributed by atoms with van der Waals surface area (Å²) in [5.41, 5.74) is 7.46. The largest absolute Gasteiger partial charge is 0.330 e. The third kappa shape index (κ3) is 4.13. The van der Waals surface area contributed by atoms with Gasteiger partial charge in [-0.3, -0.25) is 0 Å². The van der Waals surface area contributed by atoms with Crippen LogP contribution >= 0.6 is 0 Å². The Morgan fingerprint density at radius 3 is 2.44 bits per heavy atom. The lowest BCUT2D eigenvalue weighted by Crippen LogP contribution is -2.19. The molecule has 0 radical (unpaired) electrons. The Kier molecular flexibility index (Phi) is 5.86. The van der Waals surface area contributed by atoms with Crippen molar-refractivity contribution in [2.45, 2.75) is 66.0 Å². The molecule has 0 bridgehead atoms. The minimum atomic E-state index is 0.104. The van der Waals surface area contributed by atoms with Crippen molar-refractivity contribution in [3.05, 3.63) is 18.2 Å². The fourth-order valence-corrected chi connectivity index (χ4v) is 2.46. The Bertz CT molecular complexity index is 343. The first-order valence-corrected chi connectivity index (χ1v) is 7.22. The molecule has 1 rings (SSSR count). The Hall–Kier alpha value is -0.830. The summed E-state index contributed by atoms with van der Waals surface area (Å²) in [7, 11) is 0. The minimum Gasteiger partial charge on any atom is -0.330 e. The molecule has 0 aliphatic rings. The molecule has 104 valence electrons. The molecule has 1 aromatic rings. The number of aromatic nitrogens is 2. The average Bonchev–Trinajstić information content (AvgIpc) is 2.76. The van der Waals surface area contributed by atoms with E-state index >= 15 is 0 Å². The van der Waals surface area contributed by atoms with Gasteiger partial charge in [0.1, 0.15) is 0 Å². The van der Waals surface area contributed by atoms with Crippen molar-refractivity contribution in [2.24, 2.45) is 17.6 Å². The van der Waals surface area contributed by atoms with Crippen LogP contribution in [0.1, 0.15) is 71.7 Å². The maximum atomic E-state index is 6.28.